The highest BCUT2D eigenvalue weighted by molar-refractivity contribution is 7.74. The summed E-state index contributed by atoms with van der Waals surface area (Å²) < 4.78 is 6.69. The summed E-state index contributed by atoms with van der Waals surface area (Å²) in [6, 6.07) is 3.89. The summed E-state index contributed by atoms with van der Waals surface area (Å²) in [6.45, 7) is 0. The summed E-state index contributed by atoms with van der Waals surface area (Å²) in [6.07, 6.45) is 3.75. The maximum atomic E-state index is 6.69. The van der Waals surface area contributed by atoms with Gasteiger partial charge in [0.05, 0.1) is 0 Å². The van der Waals surface area contributed by atoms with Crippen molar-refractivity contribution in [2.45, 2.75) is 0 Å². The molecule has 3 heteroatoms. The maximum absolute atomic E-state index is 6.69. The summed E-state index contributed by atoms with van der Waals surface area (Å²) in [5.74, 6) is 0. The van der Waals surface area contributed by atoms with Gasteiger partial charge in [0.2, 0.25) is 0 Å². The predicted octanol–water partition coefficient (Wildman–Crippen LogP) is 1.40. The van der Waals surface area contributed by atoms with Gasteiger partial charge in [-0.2, -0.15) is 0 Å². The van der Waals surface area contributed by atoms with E-state index in [4.69, 9.17) is 4.55 Å². The molecule has 0 aliphatic heterocycles. The molecule has 0 atom stereocenters. The maximum Gasteiger partial charge on any atom is 0.000496 e. The van der Waals surface area contributed by atoms with E-state index >= 15 is 0 Å². The fourth-order valence-corrected chi connectivity index (χ4v) is 0.278. The SMILES string of the molecule is OS.c1cc[nH]c1. The Balaban J connectivity index is 0.000000162. The van der Waals surface area contributed by atoms with Crippen molar-refractivity contribution >= 4 is 12.9 Å². The van der Waals surface area contributed by atoms with Gasteiger partial charge >= 0.3 is 0 Å². The Bertz CT molecular complexity index is 68.2. The molecule has 2 nitrogen and oxygen atoms in total. The number of H-pyrrole nitrogens is 1. The molecule has 0 spiro atoms. The first-order valence-corrected chi connectivity index (χ1v) is 2.18. The number of aromatic amines is 1. The molecule has 0 aliphatic carbocycles. The van der Waals surface area contributed by atoms with Gasteiger partial charge in [0.1, 0.15) is 0 Å². The summed E-state index contributed by atoms with van der Waals surface area (Å²) in [5.41, 5.74) is 0. The first kappa shape index (κ1) is 6.59. The quantitative estimate of drug-likeness (QED) is 0.348. The lowest BCUT2D eigenvalue weighted by Gasteiger charge is -1.49. The fraction of sp³-hybridized carbons (Fsp3) is 0. The van der Waals surface area contributed by atoms with Crippen molar-refractivity contribution in [2.75, 3.05) is 0 Å². The zero-order valence-electron chi connectivity index (χ0n) is 3.70. The molecule has 0 saturated heterocycles. The molecular formula is C4H7NOS. The lowest BCUT2D eigenvalue weighted by molar-refractivity contribution is 0.679. The monoisotopic (exact) mass is 117 g/mol. The Morgan fingerprint density at radius 2 is 1.57 bits per heavy atom. The third kappa shape index (κ3) is 3.42. The molecule has 1 rings (SSSR count). The molecule has 0 radical (unpaired) electrons. The highest BCUT2D eigenvalue weighted by atomic mass is 32.1. The smallest absolute Gasteiger partial charge is 0.000496 e. The third-order valence-electron chi connectivity index (χ3n) is 0.496. The number of hydrogen-bond donors (Lipinski definition) is 3. The molecule has 0 amide bonds. The molecule has 40 valence electrons. The van der Waals surface area contributed by atoms with Crippen LogP contribution in [-0.2, 0) is 0 Å². The molecular weight excluding hydrogens is 110 g/mol. The predicted molar refractivity (Wildman–Crippen MR) is 32.4 cm³/mol. The van der Waals surface area contributed by atoms with Gasteiger partial charge in [-0.25, -0.2) is 0 Å². The first-order chi connectivity index (χ1) is 3.50. The zero-order chi connectivity index (χ0) is 5.54. The van der Waals surface area contributed by atoms with Gasteiger partial charge in [0, 0.05) is 12.4 Å². The van der Waals surface area contributed by atoms with Crippen LogP contribution in [0.1, 0.15) is 0 Å². The van der Waals surface area contributed by atoms with E-state index in [0.29, 0.717) is 0 Å². The molecule has 0 aliphatic rings. The number of nitrogens with one attached hydrogen (secondary N) is 1. The van der Waals surface area contributed by atoms with E-state index in [1.54, 1.807) is 0 Å². The zero-order valence-corrected chi connectivity index (χ0v) is 4.60. The van der Waals surface area contributed by atoms with Crippen LogP contribution in [0.25, 0.3) is 0 Å². The number of hydrogen-bond acceptors (Lipinski definition) is 2. The van der Waals surface area contributed by atoms with E-state index in [9.17, 15) is 0 Å². The largest absolute Gasteiger partial charge is 0.368 e. The van der Waals surface area contributed by atoms with Gasteiger partial charge in [0.15, 0.2) is 0 Å². The minimum atomic E-state index is 1.88. The Morgan fingerprint density at radius 3 is 1.71 bits per heavy atom. The van der Waals surface area contributed by atoms with Gasteiger partial charge in [-0.05, 0) is 25.0 Å². The standard InChI is InChI=1S/C4H5N.H2OS/c1-2-4-5-3-1;1-2/h1-5H;1-2H. The molecule has 0 unspecified atom stereocenters. The molecule has 0 bridgehead atoms. The van der Waals surface area contributed by atoms with E-state index in [0.717, 1.165) is 0 Å². The lowest BCUT2D eigenvalue weighted by Crippen LogP contribution is -1.38. The van der Waals surface area contributed by atoms with Crippen LogP contribution >= 0.6 is 12.9 Å². The van der Waals surface area contributed by atoms with Crippen molar-refractivity contribution in [3.8, 4) is 0 Å². The van der Waals surface area contributed by atoms with Crippen LogP contribution in [0.5, 0.6) is 0 Å². The van der Waals surface area contributed by atoms with Crippen molar-refractivity contribution in [1.29, 1.82) is 0 Å². The van der Waals surface area contributed by atoms with Gasteiger partial charge in [-0.3, -0.25) is 0 Å². The van der Waals surface area contributed by atoms with Crippen molar-refractivity contribution in [3.05, 3.63) is 24.5 Å². The van der Waals surface area contributed by atoms with Gasteiger partial charge < -0.3 is 9.54 Å². The fourth-order valence-electron chi connectivity index (χ4n) is 0.278. The molecule has 1 aromatic heterocycles. The van der Waals surface area contributed by atoms with Gasteiger partial charge in [0.25, 0.3) is 0 Å². The number of thiol groups is 1. The van der Waals surface area contributed by atoms with Crippen LogP contribution in [0.4, 0.5) is 0 Å². The second-order valence-electron chi connectivity index (χ2n) is 0.885. The second-order valence-corrected chi connectivity index (χ2v) is 0.885. The second kappa shape index (κ2) is 5.59. The van der Waals surface area contributed by atoms with Crippen molar-refractivity contribution < 1.29 is 4.55 Å². The van der Waals surface area contributed by atoms with Crippen LogP contribution in [0.3, 0.4) is 0 Å². The van der Waals surface area contributed by atoms with E-state index in [1.807, 2.05) is 24.5 Å². The Labute approximate surface area is 47.8 Å². The van der Waals surface area contributed by atoms with Crippen molar-refractivity contribution in [1.82, 2.24) is 4.98 Å². The Morgan fingerprint density at radius 1 is 1.14 bits per heavy atom. The summed E-state index contributed by atoms with van der Waals surface area (Å²) in [5, 5.41) is 0. The van der Waals surface area contributed by atoms with Crippen LogP contribution in [-0.4, -0.2) is 9.54 Å². The normalized spacial score (nSPS) is 6.57. The van der Waals surface area contributed by atoms with E-state index in [-0.39, 0.29) is 0 Å². The average Bonchev–Trinajstić information content (AvgIpc) is 2.23. The summed E-state index contributed by atoms with van der Waals surface area (Å²) >= 11 is 2.53. The van der Waals surface area contributed by atoms with Crippen LogP contribution in [0.15, 0.2) is 24.5 Å². The van der Waals surface area contributed by atoms with Crippen LogP contribution in [0.2, 0.25) is 0 Å². The topological polar surface area (TPSA) is 36.0 Å². The Hall–Kier alpha value is -0.410. The molecule has 0 aromatic carbocycles. The average molecular weight is 117 g/mol. The summed E-state index contributed by atoms with van der Waals surface area (Å²) in [4.78, 5) is 2.86. The Kier molecular flexibility index (Phi) is 5.26. The minimum Gasteiger partial charge on any atom is -0.368 e. The first-order valence-electron chi connectivity index (χ1n) is 1.78. The summed E-state index contributed by atoms with van der Waals surface area (Å²) in [7, 11) is 0. The number of rotatable bonds is 0. The molecule has 1 aromatic rings. The van der Waals surface area contributed by atoms with Gasteiger partial charge in [-0.1, -0.05) is 0 Å². The van der Waals surface area contributed by atoms with Crippen LogP contribution < -0.4 is 0 Å². The molecule has 0 saturated carbocycles. The lowest BCUT2D eigenvalue weighted by atomic mass is 10.7. The minimum absolute atomic E-state index is 1.88. The van der Waals surface area contributed by atoms with Crippen LogP contribution in [0, 0.1) is 0 Å². The molecule has 2 N–H and O–H groups in total. The highest BCUT2D eigenvalue weighted by Crippen LogP contribution is 1.72. The molecule has 7 heavy (non-hydrogen) atoms. The third-order valence-corrected chi connectivity index (χ3v) is 0.496. The number of aromatic nitrogens is 1. The molecule has 0 fully saturated rings. The van der Waals surface area contributed by atoms with E-state index in [2.05, 4.69) is 17.9 Å². The van der Waals surface area contributed by atoms with Crippen molar-refractivity contribution in [2.24, 2.45) is 0 Å². The highest BCUT2D eigenvalue weighted by Gasteiger charge is 1.55. The van der Waals surface area contributed by atoms with E-state index in [1.165, 1.54) is 0 Å². The molecule has 1 heterocycles. The van der Waals surface area contributed by atoms with Crippen molar-refractivity contribution in [3.63, 3.8) is 0 Å². The van der Waals surface area contributed by atoms with Gasteiger partial charge in [-0.15, -0.1) is 0 Å². The van der Waals surface area contributed by atoms with E-state index < -0.39 is 0 Å².